The van der Waals surface area contributed by atoms with Crippen LogP contribution in [0.25, 0.3) is 0 Å². The molecule has 1 aromatic rings. The number of nitrogens with one attached hydrogen (secondary N) is 1. The zero-order valence-electron chi connectivity index (χ0n) is 6.23. The molecule has 0 bridgehead atoms. The molecule has 1 aliphatic carbocycles. The van der Waals surface area contributed by atoms with Crippen LogP contribution < -0.4 is 11.1 Å². The first-order chi connectivity index (χ1) is 5.77. The number of carbonyl (C=O) groups excluding carboxylic acids is 1. The second-order valence-electron chi connectivity index (χ2n) is 2.77. The number of hydrogen-bond donors (Lipinski definition) is 2. The van der Waals surface area contributed by atoms with E-state index in [2.05, 4.69) is 14.1 Å². The Hall–Kier alpha value is -1.01. The molecule has 0 aromatic carbocycles. The van der Waals surface area contributed by atoms with Crippen LogP contribution in [0.3, 0.4) is 0 Å². The highest BCUT2D eigenvalue weighted by Gasteiger charge is 2.35. The standard InChI is InChI=1S/C6H8N4OS/c7-3-1-4(3)9-6(11)5-2-8-12-10-5/h2-4H,1,7H2,(H,9,11). The highest BCUT2D eigenvalue weighted by atomic mass is 32.1. The third kappa shape index (κ3) is 1.44. The fourth-order valence-corrected chi connectivity index (χ4v) is 1.30. The Balaban J connectivity index is 1.93. The van der Waals surface area contributed by atoms with Crippen LogP contribution in [0.2, 0.25) is 0 Å². The summed E-state index contributed by atoms with van der Waals surface area (Å²) in [6.45, 7) is 0. The molecule has 0 aliphatic heterocycles. The second-order valence-corrected chi connectivity index (χ2v) is 3.33. The van der Waals surface area contributed by atoms with E-state index in [4.69, 9.17) is 5.73 Å². The maximum atomic E-state index is 11.2. The van der Waals surface area contributed by atoms with Gasteiger partial charge in [0.15, 0.2) is 5.69 Å². The van der Waals surface area contributed by atoms with Crippen molar-refractivity contribution in [1.82, 2.24) is 14.1 Å². The van der Waals surface area contributed by atoms with Crippen molar-refractivity contribution in [2.75, 3.05) is 0 Å². The van der Waals surface area contributed by atoms with E-state index in [1.807, 2.05) is 0 Å². The monoisotopic (exact) mass is 184 g/mol. The van der Waals surface area contributed by atoms with Gasteiger partial charge in [0.2, 0.25) is 0 Å². The summed E-state index contributed by atoms with van der Waals surface area (Å²) in [5.41, 5.74) is 5.89. The van der Waals surface area contributed by atoms with Crippen molar-refractivity contribution in [2.45, 2.75) is 18.5 Å². The van der Waals surface area contributed by atoms with Crippen molar-refractivity contribution < 1.29 is 4.79 Å². The smallest absolute Gasteiger partial charge is 0.272 e. The first-order valence-electron chi connectivity index (χ1n) is 3.61. The van der Waals surface area contributed by atoms with Crippen LogP contribution in [-0.4, -0.2) is 26.7 Å². The SMILES string of the molecule is NC1CC1NC(=O)c1cnsn1. The second kappa shape index (κ2) is 2.80. The predicted molar refractivity (Wildman–Crippen MR) is 43.8 cm³/mol. The average Bonchev–Trinajstić information content (AvgIpc) is 2.58. The third-order valence-electron chi connectivity index (χ3n) is 1.75. The molecule has 1 aromatic heterocycles. The molecule has 0 spiro atoms. The Kier molecular flexibility index (Phi) is 1.78. The number of carbonyl (C=O) groups is 1. The lowest BCUT2D eigenvalue weighted by molar-refractivity contribution is 0.0946. The highest BCUT2D eigenvalue weighted by molar-refractivity contribution is 6.99. The Morgan fingerprint density at radius 2 is 2.58 bits per heavy atom. The van der Waals surface area contributed by atoms with Gasteiger partial charge in [-0.3, -0.25) is 4.79 Å². The van der Waals surface area contributed by atoms with E-state index < -0.39 is 0 Å². The van der Waals surface area contributed by atoms with Gasteiger partial charge in [-0.25, -0.2) is 0 Å². The number of rotatable bonds is 2. The van der Waals surface area contributed by atoms with Crippen molar-refractivity contribution in [3.05, 3.63) is 11.9 Å². The highest BCUT2D eigenvalue weighted by Crippen LogP contribution is 2.17. The molecule has 1 aliphatic rings. The number of amides is 1. The zero-order valence-corrected chi connectivity index (χ0v) is 7.04. The van der Waals surface area contributed by atoms with Crippen molar-refractivity contribution in [2.24, 2.45) is 5.73 Å². The van der Waals surface area contributed by atoms with Gasteiger partial charge < -0.3 is 11.1 Å². The van der Waals surface area contributed by atoms with Crippen molar-refractivity contribution in [3.8, 4) is 0 Å². The van der Waals surface area contributed by atoms with Crippen LogP contribution in [0.1, 0.15) is 16.9 Å². The molecular formula is C6H8N4OS. The molecule has 1 amide bonds. The van der Waals surface area contributed by atoms with Crippen LogP contribution in [0, 0.1) is 0 Å². The molecule has 2 unspecified atom stereocenters. The maximum absolute atomic E-state index is 11.2. The Bertz CT molecular complexity index is 286. The van der Waals surface area contributed by atoms with Crippen LogP contribution in [0.5, 0.6) is 0 Å². The molecule has 2 rings (SSSR count). The predicted octanol–water partition coefficient (Wildman–Crippen LogP) is -0.633. The Labute approximate surface area is 73.3 Å². The van der Waals surface area contributed by atoms with Gasteiger partial charge in [0.1, 0.15) is 0 Å². The summed E-state index contributed by atoms with van der Waals surface area (Å²) in [6.07, 6.45) is 2.32. The van der Waals surface area contributed by atoms with E-state index in [1.165, 1.54) is 6.20 Å². The zero-order chi connectivity index (χ0) is 8.55. The summed E-state index contributed by atoms with van der Waals surface area (Å²) in [4.78, 5) is 11.2. The number of nitrogens with zero attached hydrogens (tertiary/aromatic N) is 2. The third-order valence-corrected chi connectivity index (χ3v) is 2.23. The normalized spacial score (nSPS) is 26.8. The molecule has 3 N–H and O–H groups in total. The van der Waals surface area contributed by atoms with Crippen LogP contribution in [0.15, 0.2) is 6.20 Å². The summed E-state index contributed by atoms with van der Waals surface area (Å²) in [5, 5.41) is 2.75. The Morgan fingerprint density at radius 3 is 3.08 bits per heavy atom. The largest absolute Gasteiger partial charge is 0.346 e. The minimum atomic E-state index is -0.179. The van der Waals surface area contributed by atoms with Crippen molar-refractivity contribution in [1.29, 1.82) is 0 Å². The van der Waals surface area contributed by atoms with E-state index in [1.54, 1.807) is 0 Å². The maximum Gasteiger partial charge on any atom is 0.272 e. The first kappa shape index (κ1) is 7.63. The first-order valence-corrected chi connectivity index (χ1v) is 4.34. The number of nitrogens with two attached hydrogens (primary N) is 1. The molecule has 2 atom stereocenters. The molecule has 6 heteroatoms. The molecule has 1 fully saturated rings. The number of aromatic nitrogens is 2. The van der Waals surface area contributed by atoms with Crippen LogP contribution >= 0.6 is 11.7 Å². The fraction of sp³-hybridized carbons (Fsp3) is 0.500. The Morgan fingerprint density at radius 1 is 1.83 bits per heavy atom. The molecule has 1 heterocycles. The average molecular weight is 184 g/mol. The lowest BCUT2D eigenvalue weighted by Crippen LogP contribution is -2.29. The van der Waals surface area contributed by atoms with Gasteiger partial charge in [0.05, 0.1) is 17.9 Å². The van der Waals surface area contributed by atoms with E-state index in [0.717, 1.165) is 18.1 Å². The van der Waals surface area contributed by atoms with E-state index >= 15 is 0 Å². The lowest BCUT2D eigenvalue weighted by atomic mass is 10.4. The quantitative estimate of drug-likeness (QED) is 0.641. The van der Waals surface area contributed by atoms with Gasteiger partial charge in [-0.05, 0) is 6.42 Å². The van der Waals surface area contributed by atoms with Gasteiger partial charge in [-0.2, -0.15) is 8.75 Å². The van der Waals surface area contributed by atoms with E-state index in [-0.39, 0.29) is 18.0 Å². The molecule has 64 valence electrons. The number of hydrogen-bond acceptors (Lipinski definition) is 5. The molecule has 5 nitrogen and oxygen atoms in total. The topological polar surface area (TPSA) is 80.9 Å². The summed E-state index contributed by atoms with van der Waals surface area (Å²) in [6, 6.07) is 0.264. The van der Waals surface area contributed by atoms with Crippen LogP contribution in [0.4, 0.5) is 0 Å². The lowest BCUT2D eigenvalue weighted by Gasteiger charge is -1.98. The van der Waals surface area contributed by atoms with E-state index in [0.29, 0.717) is 5.69 Å². The van der Waals surface area contributed by atoms with Crippen LogP contribution in [-0.2, 0) is 0 Å². The minimum Gasteiger partial charge on any atom is -0.346 e. The molecular weight excluding hydrogens is 176 g/mol. The van der Waals surface area contributed by atoms with Crippen molar-refractivity contribution >= 4 is 17.6 Å². The molecule has 12 heavy (non-hydrogen) atoms. The van der Waals surface area contributed by atoms with Gasteiger partial charge in [-0.1, -0.05) is 0 Å². The van der Waals surface area contributed by atoms with Gasteiger partial charge in [-0.15, -0.1) is 0 Å². The van der Waals surface area contributed by atoms with Gasteiger partial charge in [0.25, 0.3) is 5.91 Å². The van der Waals surface area contributed by atoms with Crippen molar-refractivity contribution in [3.63, 3.8) is 0 Å². The van der Waals surface area contributed by atoms with Gasteiger partial charge >= 0.3 is 0 Å². The molecule has 1 saturated carbocycles. The van der Waals surface area contributed by atoms with E-state index in [9.17, 15) is 4.79 Å². The molecule has 0 radical (unpaired) electrons. The summed E-state index contributed by atoms with van der Waals surface area (Å²) in [5.74, 6) is -0.179. The minimum absolute atomic E-state index is 0.126. The summed E-state index contributed by atoms with van der Waals surface area (Å²) >= 11 is 1.02. The van der Waals surface area contributed by atoms with Gasteiger partial charge in [0, 0.05) is 12.1 Å². The molecule has 0 saturated heterocycles. The summed E-state index contributed by atoms with van der Waals surface area (Å²) in [7, 11) is 0. The summed E-state index contributed by atoms with van der Waals surface area (Å²) < 4.78 is 7.53. The fourth-order valence-electron chi connectivity index (χ4n) is 0.888.